The predicted molar refractivity (Wildman–Crippen MR) is 109 cm³/mol. The highest BCUT2D eigenvalue weighted by Gasteiger charge is 2.31. The van der Waals surface area contributed by atoms with Crippen LogP contribution in [0.15, 0.2) is 49.1 Å². The third-order valence-electron chi connectivity index (χ3n) is 5.54. The molecule has 0 aromatic carbocycles. The molecule has 5 rings (SSSR count). The van der Waals surface area contributed by atoms with Crippen LogP contribution < -0.4 is 5.32 Å². The maximum absolute atomic E-state index is 11.2. The largest absolute Gasteiger partial charge is 0.384 e. The number of hydrogen-bond donors (Lipinski definition) is 2. The Labute approximate surface area is 168 Å². The zero-order valence-corrected chi connectivity index (χ0v) is 16.3. The molecule has 1 aliphatic rings. The van der Waals surface area contributed by atoms with Crippen LogP contribution in [0.2, 0.25) is 0 Å². The average molecular weight is 389 g/mol. The van der Waals surface area contributed by atoms with E-state index in [4.69, 9.17) is 4.98 Å². The van der Waals surface area contributed by atoms with Crippen LogP contribution in [0.5, 0.6) is 0 Å². The molecule has 29 heavy (non-hydrogen) atoms. The van der Waals surface area contributed by atoms with Crippen molar-refractivity contribution < 1.29 is 5.11 Å². The van der Waals surface area contributed by atoms with Crippen molar-refractivity contribution in [2.45, 2.75) is 24.9 Å². The quantitative estimate of drug-likeness (QED) is 0.558. The van der Waals surface area contributed by atoms with Gasteiger partial charge < -0.3 is 10.4 Å². The molecular formula is C21H23N7O. The molecule has 1 fully saturated rings. The summed E-state index contributed by atoms with van der Waals surface area (Å²) in [5.74, 6) is 0.687. The van der Waals surface area contributed by atoms with E-state index in [-0.39, 0.29) is 0 Å². The van der Waals surface area contributed by atoms with Gasteiger partial charge in [0.1, 0.15) is 5.60 Å². The maximum atomic E-state index is 11.2. The molecule has 0 spiro atoms. The maximum Gasteiger partial charge on any atom is 0.154 e. The number of nitrogens with zero attached hydrogens (tertiary/aromatic N) is 6. The van der Waals surface area contributed by atoms with Gasteiger partial charge in [0.2, 0.25) is 0 Å². The van der Waals surface area contributed by atoms with Gasteiger partial charge in [-0.05, 0) is 50.6 Å². The Morgan fingerprint density at radius 1 is 1.10 bits per heavy atom. The minimum absolute atomic E-state index is 0.651. The van der Waals surface area contributed by atoms with E-state index in [2.05, 4.69) is 20.5 Å². The van der Waals surface area contributed by atoms with E-state index in [0.29, 0.717) is 24.4 Å². The molecule has 1 unspecified atom stereocenters. The van der Waals surface area contributed by atoms with Crippen molar-refractivity contribution in [2.75, 3.05) is 13.1 Å². The Balaban J connectivity index is 1.57. The average Bonchev–Trinajstić information content (AvgIpc) is 3.29. The van der Waals surface area contributed by atoms with Crippen LogP contribution in [0.1, 0.15) is 25.0 Å². The van der Waals surface area contributed by atoms with E-state index >= 15 is 0 Å². The lowest BCUT2D eigenvalue weighted by Crippen LogP contribution is -2.28. The SMILES string of the molecule is Cn1cc(-c2cc3c(cn2)cnn3-c2cccc(C3(O)CCCNCC3)n2)cn1. The highest BCUT2D eigenvalue weighted by Crippen LogP contribution is 2.31. The zero-order chi connectivity index (χ0) is 19.8. The molecule has 1 saturated heterocycles. The summed E-state index contributed by atoms with van der Waals surface area (Å²) in [5, 5.41) is 24.2. The monoisotopic (exact) mass is 389 g/mol. The minimum Gasteiger partial charge on any atom is -0.384 e. The van der Waals surface area contributed by atoms with Crippen molar-refractivity contribution in [2.24, 2.45) is 7.05 Å². The number of aliphatic hydroxyl groups is 1. The zero-order valence-electron chi connectivity index (χ0n) is 16.3. The molecule has 0 bridgehead atoms. The summed E-state index contributed by atoms with van der Waals surface area (Å²) in [5.41, 5.74) is 2.48. The normalized spacial score (nSPS) is 20.1. The van der Waals surface area contributed by atoms with Crippen molar-refractivity contribution in [3.05, 3.63) is 54.7 Å². The van der Waals surface area contributed by atoms with Gasteiger partial charge in [-0.25, -0.2) is 9.67 Å². The minimum atomic E-state index is -0.912. The first-order chi connectivity index (χ1) is 14.1. The first-order valence-corrected chi connectivity index (χ1v) is 9.86. The van der Waals surface area contributed by atoms with Gasteiger partial charge in [0.25, 0.3) is 0 Å². The fraction of sp³-hybridized carbons (Fsp3) is 0.333. The second kappa shape index (κ2) is 7.06. The summed E-state index contributed by atoms with van der Waals surface area (Å²) in [6.45, 7) is 1.71. The lowest BCUT2D eigenvalue weighted by molar-refractivity contribution is 0.0197. The predicted octanol–water partition coefficient (Wildman–Crippen LogP) is 2.18. The van der Waals surface area contributed by atoms with Crippen LogP contribution in [0, 0.1) is 0 Å². The molecule has 8 nitrogen and oxygen atoms in total. The first kappa shape index (κ1) is 18.0. The summed E-state index contributed by atoms with van der Waals surface area (Å²) in [6.07, 6.45) is 9.60. The molecule has 0 saturated carbocycles. The van der Waals surface area contributed by atoms with E-state index < -0.39 is 5.60 Å². The lowest BCUT2D eigenvalue weighted by atomic mass is 9.90. The highest BCUT2D eigenvalue weighted by atomic mass is 16.3. The molecule has 5 heterocycles. The Morgan fingerprint density at radius 2 is 2.03 bits per heavy atom. The molecule has 4 aromatic rings. The van der Waals surface area contributed by atoms with Crippen molar-refractivity contribution in [1.29, 1.82) is 0 Å². The third kappa shape index (κ3) is 3.30. The van der Waals surface area contributed by atoms with Crippen molar-refractivity contribution in [3.8, 4) is 17.1 Å². The molecule has 8 heteroatoms. The Hall–Kier alpha value is -3.10. The fourth-order valence-corrected chi connectivity index (χ4v) is 3.92. The van der Waals surface area contributed by atoms with Gasteiger partial charge in [0.05, 0.1) is 29.3 Å². The first-order valence-electron chi connectivity index (χ1n) is 9.86. The number of aromatic nitrogens is 6. The van der Waals surface area contributed by atoms with Crippen LogP contribution in [0.3, 0.4) is 0 Å². The highest BCUT2D eigenvalue weighted by molar-refractivity contribution is 5.82. The molecule has 1 aliphatic heterocycles. The smallest absolute Gasteiger partial charge is 0.154 e. The Bertz CT molecular complexity index is 1150. The summed E-state index contributed by atoms with van der Waals surface area (Å²) in [7, 11) is 1.88. The van der Waals surface area contributed by atoms with Crippen molar-refractivity contribution >= 4 is 10.9 Å². The topological polar surface area (TPSA) is 93.7 Å². The van der Waals surface area contributed by atoms with E-state index in [1.807, 2.05) is 43.7 Å². The summed E-state index contributed by atoms with van der Waals surface area (Å²) < 4.78 is 3.56. The molecule has 0 amide bonds. The van der Waals surface area contributed by atoms with Gasteiger partial charge in [-0.15, -0.1) is 0 Å². The number of pyridine rings is 2. The summed E-state index contributed by atoms with van der Waals surface area (Å²) >= 11 is 0. The molecule has 0 radical (unpaired) electrons. The number of fused-ring (bicyclic) bond motifs is 1. The molecule has 148 valence electrons. The van der Waals surface area contributed by atoms with Crippen LogP contribution in [-0.2, 0) is 12.6 Å². The van der Waals surface area contributed by atoms with Crippen LogP contribution in [-0.4, -0.2) is 47.7 Å². The van der Waals surface area contributed by atoms with Crippen LogP contribution >= 0.6 is 0 Å². The molecular weight excluding hydrogens is 366 g/mol. The third-order valence-corrected chi connectivity index (χ3v) is 5.54. The second-order valence-corrected chi connectivity index (χ2v) is 7.60. The van der Waals surface area contributed by atoms with E-state index in [9.17, 15) is 5.11 Å². The number of rotatable bonds is 3. The lowest BCUT2D eigenvalue weighted by Gasteiger charge is -2.26. The molecule has 2 N–H and O–H groups in total. The Kier molecular flexibility index (Phi) is 4.37. The number of nitrogens with one attached hydrogen (secondary N) is 1. The van der Waals surface area contributed by atoms with Gasteiger partial charge in [0.15, 0.2) is 5.82 Å². The van der Waals surface area contributed by atoms with E-state index in [0.717, 1.165) is 41.7 Å². The summed E-state index contributed by atoms with van der Waals surface area (Å²) in [6, 6.07) is 7.75. The molecule has 4 aromatic heterocycles. The van der Waals surface area contributed by atoms with Gasteiger partial charge >= 0.3 is 0 Å². The van der Waals surface area contributed by atoms with E-state index in [1.165, 1.54) is 0 Å². The fourth-order valence-electron chi connectivity index (χ4n) is 3.92. The Morgan fingerprint density at radius 3 is 2.90 bits per heavy atom. The van der Waals surface area contributed by atoms with Crippen molar-refractivity contribution in [1.82, 2.24) is 34.8 Å². The molecule has 1 atom stereocenters. The van der Waals surface area contributed by atoms with Crippen LogP contribution in [0.25, 0.3) is 28.0 Å². The van der Waals surface area contributed by atoms with Gasteiger partial charge in [-0.2, -0.15) is 10.2 Å². The van der Waals surface area contributed by atoms with Gasteiger partial charge in [-0.1, -0.05) is 6.07 Å². The number of hydrogen-bond acceptors (Lipinski definition) is 6. The number of aryl methyl sites for hydroxylation is 1. The van der Waals surface area contributed by atoms with Gasteiger partial charge in [0, 0.05) is 30.4 Å². The van der Waals surface area contributed by atoms with Crippen molar-refractivity contribution in [3.63, 3.8) is 0 Å². The van der Waals surface area contributed by atoms with E-state index in [1.54, 1.807) is 21.8 Å². The standard InChI is InChI=1S/C21H23N7O/c1-27-14-16(13-24-27)17-10-18-15(11-23-17)12-25-28(18)20-5-2-4-19(26-20)21(29)6-3-8-22-9-7-21/h2,4-5,10-14,22,29H,3,6-9H2,1H3. The molecule has 0 aliphatic carbocycles. The van der Waals surface area contributed by atoms with Gasteiger partial charge in [-0.3, -0.25) is 9.67 Å². The second-order valence-electron chi connectivity index (χ2n) is 7.60. The summed E-state index contributed by atoms with van der Waals surface area (Å²) in [4.78, 5) is 9.33. The van der Waals surface area contributed by atoms with Crippen LogP contribution in [0.4, 0.5) is 0 Å².